The molecule has 0 amide bonds. The Morgan fingerprint density at radius 1 is 0.714 bits per heavy atom. The number of fused-ring (bicyclic) bond motifs is 2. The second kappa shape index (κ2) is 6.78. The van der Waals surface area contributed by atoms with Crippen molar-refractivity contribution in [1.82, 2.24) is 9.55 Å². The molecular weight excluding hydrogens is 344 g/mol. The third kappa shape index (κ3) is 2.87. The van der Waals surface area contributed by atoms with Crippen LogP contribution in [-0.4, -0.2) is 9.55 Å². The zero-order valence-electron chi connectivity index (χ0n) is 15.2. The fraction of sp³-hybridized carbons (Fsp3) is 0.0400. The molecule has 0 saturated carbocycles. The van der Waals surface area contributed by atoms with Gasteiger partial charge >= 0.3 is 0 Å². The minimum Gasteiger partial charge on any atom is -0.268 e. The Bertz CT molecular complexity index is 1350. The Morgan fingerprint density at radius 2 is 1.43 bits per heavy atom. The van der Waals surface area contributed by atoms with E-state index in [1.807, 2.05) is 60.7 Å². The number of para-hydroxylation sites is 1. The maximum absolute atomic E-state index is 13.4. The topological polar surface area (TPSA) is 34.9 Å². The highest BCUT2D eigenvalue weighted by Crippen LogP contribution is 2.20. The summed E-state index contributed by atoms with van der Waals surface area (Å²) in [5, 5.41) is 2.89. The standard InChI is InChI=1S/C25H18N2O/c28-25-22-12-6-7-13-23(22)26-24(16-18-8-2-1-3-9-18)27(25)21-15-14-19-10-4-5-11-20(19)17-21/h1-15,17H,16H2. The molecule has 0 aliphatic carbocycles. The molecular formula is C25H18N2O. The Morgan fingerprint density at radius 3 is 2.29 bits per heavy atom. The highest BCUT2D eigenvalue weighted by atomic mass is 16.1. The van der Waals surface area contributed by atoms with Crippen molar-refractivity contribution >= 4 is 21.7 Å². The first kappa shape index (κ1) is 16.5. The molecule has 0 N–H and O–H groups in total. The third-order valence-corrected chi connectivity index (χ3v) is 5.04. The van der Waals surface area contributed by atoms with Crippen molar-refractivity contribution in [2.75, 3.05) is 0 Å². The van der Waals surface area contributed by atoms with Crippen LogP contribution in [0.2, 0.25) is 0 Å². The Hall–Kier alpha value is -3.72. The molecule has 0 aliphatic heterocycles. The first-order chi connectivity index (χ1) is 13.8. The van der Waals surface area contributed by atoms with Gasteiger partial charge in [-0.1, -0.05) is 72.8 Å². The first-order valence-electron chi connectivity index (χ1n) is 9.33. The predicted molar refractivity (Wildman–Crippen MR) is 114 cm³/mol. The monoisotopic (exact) mass is 362 g/mol. The number of nitrogens with zero attached hydrogens (tertiary/aromatic N) is 2. The van der Waals surface area contributed by atoms with Crippen molar-refractivity contribution < 1.29 is 0 Å². The highest BCUT2D eigenvalue weighted by molar-refractivity contribution is 5.85. The van der Waals surface area contributed by atoms with Crippen molar-refractivity contribution in [1.29, 1.82) is 0 Å². The summed E-state index contributed by atoms with van der Waals surface area (Å²) >= 11 is 0. The molecule has 5 aromatic rings. The van der Waals surface area contributed by atoms with Crippen LogP contribution in [-0.2, 0) is 6.42 Å². The molecule has 3 nitrogen and oxygen atoms in total. The van der Waals surface area contributed by atoms with Crippen molar-refractivity contribution in [3.8, 4) is 5.69 Å². The van der Waals surface area contributed by atoms with E-state index < -0.39 is 0 Å². The molecule has 28 heavy (non-hydrogen) atoms. The number of aromatic nitrogens is 2. The lowest BCUT2D eigenvalue weighted by atomic mass is 10.1. The molecule has 0 spiro atoms. The molecule has 5 rings (SSSR count). The fourth-order valence-corrected chi connectivity index (χ4v) is 3.66. The van der Waals surface area contributed by atoms with Gasteiger partial charge in [0.15, 0.2) is 0 Å². The van der Waals surface area contributed by atoms with Gasteiger partial charge in [-0.2, -0.15) is 0 Å². The summed E-state index contributed by atoms with van der Waals surface area (Å²) in [6.07, 6.45) is 0.591. The van der Waals surface area contributed by atoms with Gasteiger partial charge < -0.3 is 0 Å². The van der Waals surface area contributed by atoms with E-state index in [0.717, 1.165) is 33.4 Å². The van der Waals surface area contributed by atoms with Crippen LogP contribution in [0.3, 0.4) is 0 Å². The second-order valence-corrected chi connectivity index (χ2v) is 6.88. The van der Waals surface area contributed by atoms with E-state index in [4.69, 9.17) is 4.98 Å². The first-order valence-corrected chi connectivity index (χ1v) is 9.33. The molecule has 4 aromatic carbocycles. The maximum atomic E-state index is 13.4. The van der Waals surface area contributed by atoms with Crippen LogP contribution < -0.4 is 5.56 Å². The highest BCUT2D eigenvalue weighted by Gasteiger charge is 2.13. The van der Waals surface area contributed by atoms with Gasteiger partial charge in [-0.15, -0.1) is 0 Å². The van der Waals surface area contributed by atoms with Crippen LogP contribution in [0.15, 0.2) is 102 Å². The Kier molecular flexibility index (Phi) is 3.99. The van der Waals surface area contributed by atoms with Crippen molar-refractivity contribution in [3.63, 3.8) is 0 Å². The van der Waals surface area contributed by atoms with Crippen LogP contribution in [0.1, 0.15) is 11.4 Å². The lowest BCUT2D eigenvalue weighted by Gasteiger charge is -2.14. The summed E-state index contributed by atoms with van der Waals surface area (Å²) < 4.78 is 1.75. The summed E-state index contributed by atoms with van der Waals surface area (Å²) in [7, 11) is 0. The summed E-state index contributed by atoms with van der Waals surface area (Å²) in [5.74, 6) is 0.741. The van der Waals surface area contributed by atoms with Gasteiger partial charge in [-0.3, -0.25) is 9.36 Å². The smallest absolute Gasteiger partial charge is 0.265 e. The number of hydrogen-bond donors (Lipinski definition) is 0. The van der Waals surface area contributed by atoms with E-state index in [9.17, 15) is 4.79 Å². The fourth-order valence-electron chi connectivity index (χ4n) is 3.66. The molecule has 0 unspecified atom stereocenters. The normalized spacial score (nSPS) is 11.1. The summed E-state index contributed by atoms with van der Waals surface area (Å²) in [6, 6.07) is 32.0. The van der Waals surface area contributed by atoms with Gasteiger partial charge in [-0.05, 0) is 40.6 Å². The molecule has 0 bridgehead atoms. The minimum absolute atomic E-state index is 0.0354. The lowest BCUT2D eigenvalue weighted by Crippen LogP contribution is -2.24. The predicted octanol–water partition coefficient (Wildman–Crippen LogP) is 5.13. The molecule has 0 fully saturated rings. The van der Waals surface area contributed by atoms with Gasteiger partial charge in [0, 0.05) is 6.42 Å². The quantitative estimate of drug-likeness (QED) is 0.446. The lowest BCUT2D eigenvalue weighted by molar-refractivity contribution is 0.851. The van der Waals surface area contributed by atoms with E-state index in [0.29, 0.717) is 11.8 Å². The van der Waals surface area contributed by atoms with E-state index in [-0.39, 0.29) is 5.56 Å². The molecule has 3 heteroatoms. The van der Waals surface area contributed by atoms with Crippen LogP contribution >= 0.6 is 0 Å². The van der Waals surface area contributed by atoms with Gasteiger partial charge in [0.1, 0.15) is 5.82 Å². The van der Waals surface area contributed by atoms with E-state index in [1.54, 1.807) is 4.57 Å². The van der Waals surface area contributed by atoms with Crippen LogP contribution in [0, 0.1) is 0 Å². The van der Waals surface area contributed by atoms with E-state index in [1.165, 1.54) is 0 Å². The Balaban J connectivity index is 1.78. The summed E-state index contributed by atoms with van der Waals surface area (Å²) in [5.41, 5.74) is 2.66. The SMILES string of the molecule is O=c1c2ccccc2nc(Cc2ccccc2)n1-c1ccc2ccccc2c1. The molecule has 0 atom stereocenters. The molecule has 0 saturated heterocycles. The van der Waals surface area contributed by atoms with Crippen LogP contribution in [0.25, 0.3) is 27.4 Å². The van der Waals surface area contributed by atoms with Gasteiger partial charge in [-0.25, -0.2) is 4.98 Å². The number of rotatable bonds is 3. The van der Waals surface area contributed by atoms with Crippen molar-refractivity contribution in [2.45, 2.75) is 6.42 Å². The largest absolute Gasteiger partial charge is 0.268 e. The molecule has 1 aromatic heterocycles. The summed E-state index contributed by atoms with van der Waals surface area (Å²) in [4.78, 5) is 18.2. The second-order valence-electron chi connectivity index (χ2n) is 6.88. The zero-order valence-corrected chi connectivity index (χ0v) is 15.2. The summed E-state index contributed by atoms with van der Waals surface area (Å²) in [6.45, 7) is 0. The number of benzene rings is 4. The third-order valence-electron chi connectivity index (χ3n) is 5.04. The maximum Gasteiger partial charge on any atom is 0.265 e. The average molecular weight is 362 g/mol. The van der Waals surface area contributed by atoms with Crippen molar-refractivity contribution in [3.05, 3.63) is 119 Å². The van der Waals surface area contributed by atoms with Crippen LogP contribution in [0.5, 0.6) is 0 Å². The van der Waals surface area contributed by atoms with Crippen molar-refractivity contribution in [2.24, 2.45) is 0 Å². The molecule has 0 radical (unpaired) electrons. The molecule has 134 valence electrons. The molecule has 1 heterocycles. The average Bonchev–Trinajstić information content (AvgIpc) is 2.74. The van der Waals surface area contributed by atoms with E-state index >= 15 is 0 Å². The van der Waals surface area contributed by atoms with Gasteiger partial charge in [0.05, 0.1) is 16.6 Å². The zero-order chi connectivity index (χ0) is 18.9. The molecule has 0 aliphatic rings. The minimum atomic E-state index is -0.0354. The number of hydrogen-bond acceptors (Lipinski definition) is 2. The van der Waals surface area contributed by atoms with E-state index in [2.05, 4.69) is 36.4 Å². The van der Waals surface area contributed by atoms with Gasteiger partial charge in [0.2, 0.25) is 0 Å². The van der Waals surface area contributed by atoms with Gasteiger partial charge in [0.25, 0.3) is 5.56 Å². The Labute approximate surface area is 162 Å². The van der Waals surface area contributed by atoms with Crippen LogP contribution in [0.4, 0.5) is 0 Å².